The standard InChI is InChI=1S/C13H17N3OS/c1-9-5-4-7-15-11(9)13(17)16-8-3-2-6-10(16)12(14)18/h4-5,7,10H,2-3,6,8H2,1H3,(H2,14,18). The fraction of sp³-hybridized carbons (Fsp3) is 0.462. The van der Waals surface area contributed by atoms with Gasteiger partial charge in [-0.1, -0.05) is 18.3 Å². The van der Waals surface area contributed by atoms with Crippen LogP contribution in [0.1, 0.15) is 35.3 Å². The Labute approximate surface area is 112 Å². The van der Waals surface area contributed by atoms with Crippen molar-refractivity contribution < 1.29 is 4.79 Å². The number of nitrogens with zero attached hydrogens (tertiary/aromatic N) is 2. The zero-order valence-electron chi connectivity index (χ0n) is 10.4. The Morgan fingerprint density at radius 3 is 3.00 bits per heavy atom. The van der Waals surface area contributed by atoms with E-state index >= 15 is 0 Å². The number of hydrogen-bond donors (Lipinski definition) is 1. The fourth-order valence-corrected chi connectivity index (χ4v) is 2.56. The monoisotopic (exact) mass is 263 g/mol. The van der Waals surface area contributed by atoms with Crippen molar-refractivity contribution in [3.05, 3.63) is 29.6 Å². The van der Waals surface area contributed by atoms with Crippen LogP contribution in [0.25, 0.3) is 0 Å². The number of hydrogen-bond acceptors (Lipinski definition) is 3. The number of likely N-dealkylation sites (tertiary alicyclic amines) is 1. The summed E-state index contributed by atoms with van der Waals surface area (Å²) < 4.78 is 0. The number of nitrogens with two attached hydrogens (primary N) is 1. The summed E-state index contributed by atoms with van der Waals surface area (Å²) >= 11 is 5.06. The van der Waals surface area contributed by atoms with Gasteiger partial charge < -0.3 is 10.6 Å². The first kappa shape index (κ1) is 13.0. The van der Waals surface area contributed by atoms with E-state index in [9.17, 15) is 4.79 Å². The molecule has 2 N–H and O–H groups in total. The third-order valence-corrected chi connectivity index (χ3v) is 3.58. The van der Waals surface area contributed by atoms with Crippen LogP contribution in [0.2, 0.25) is 0 Å². The maximum Gasteiger partial charge on any atom is 0.273 e. The minimum atomic E-state index is -0.123. The average molecular weight is 263 g/mol. The van der Waals surface area contributed by atoms with Crippen LogP contribution in [0.3, 0.4) is 0 Å². The molecule has 1 saturated heterocycles. The van der Waals surface area contributed by atoms with Gasteiger partial charge in [0, 0.05) is 12.7 Å². The molecule has 0 saturated carbocycles. The van der Waals surface area contributed by atoms with Crippen LogP contribution < -0.4 is 5.73 Å². The van der Waals surface area contributed by atoms with Gasteiger partial charge in [0.05, 0.1) is 11.0 Å². The smallest absolute Gasteiger partial charge is 0.273 e. The van der Waals surface area contributed by atoms with Gasteiger partial charge in [0.15, 0.2) is 0 Å². The topological polar surface area (TPSA) is 59.2 Å². The van der Waals surface area contributed by atoms with Crippen LogP contribution in [0.4, 0.5) is 0 Å². The Bertz CT molecular complexity index is 475. The second-order valence-electron chi connectivity index (χ2n) is 4.58. The zero-order valence-corrected chi connectivity index (χ0v) is 11.2. The van der Waals surface area contributed by atoms with Crippen LogP contribution in [0.15, 0.2) is 18.3 Å². The number of rotatable bonds is 2. The molecule has 1 atom stereocenters. The van der Waals surface area contributed by atoms with Gasteiger partial charge in [-0.3, -0.25) is 9.78 Å². The van der Waals surface area contributed by atoms with Crippen molar-refractivity contribution in [2.75, 3.05) is 6.54 Å². The van der Waals surface area contributed by atoms with Gasteiger partial charge in [0.1, 0.15) is 5.69 Å². The summed E-state index contributed by atoms with van der Waals surface area (Å²) in [5.41, 5.74) is 7.11. The summed E-state index contributed by atoms with van der Waals surface area (Å²) in [4.78, 5) is 18.8. The molecule has 1 aliphatic rings. The van der Waals surface area contributed by atoms with Gasteiger partial charge in [-0.15, -0.1) is 0 Å². The Kier molecular flexibility index (Phi) is 3.91. The molecule has 0 aromatic carbocycles. The maximum absolute atomic E-state index is 12.5. The molecule has 1 aliphatic heterocycles. The first-order valence-electron chi connectivity index (χ1n) is 6.13. The van der Waals surface area contributed by atoms with Gasteiger partial charge in [-0.25, -0.2) is 0 Å². The predicted molar refractivity (Wildman–Crippen MR) is 74.4 cm³/mol. The SMILES string of the molecule is Cc1cccnc1C(=O)N1CCCCC1C(N)=S. The molecule has 0 spiro atoms. The van der Waals surface area contributed by atoms with Crippen molar-refractivity contribution >= 4 is 23.1 Å². The molecular formula is C13H17N3OS. The lowest BCUT2D eigenvalue weighted by Gasteiger charge is -2.35. The minimum absolute atomic E-state index is 0.0643. The molecule has 0 radical (unpaired) electrons. The molecule has 1 unspecified atom stereocenters. The Morgan fingerprint density at radius 2 is 2.33 bits per heavy atom. The molecule has 0 aliphatic carbocycles. The lowest BCUT2D eigenvalue weighted by atomic mass is 10.0. The molecule has 2 rings (SSSR count). The summed E-state index contributed by atoms with van der Waals surface area (Å²) in [6.07, 6.45) is 4.55. The first-order valence-corrected chi connectivity index (χ1v) is 6.54. The quantitative estimate of drug-likeness (QED) is 0.825. The van der Waals surface area contributed by atoms with E-state index in [1.165, 1.54) is 0 Å². The molecule has 1 amide bonds. The highest BCUT2D eigenvalue weighted by atomic mass is 32.1. The van der Waals surface area contributed by atoms with E-state index in [4.69, 9.17) is 18.0 Å². The van der Waals surface area contributed by atoms with E-state index in [1.807, 2.05) is 19.1 Å². The summed E-state index contributed by atoms with van der Waals surface area (Å²) in [7, 11) is 0. The summed E-state index contributed by atoms with van der Waals surface area (Å²) in [6.45, 7) is 2.59. The highest BCUT2D eigenvalue weighted by Gasteiger charge is 2.30. The number of piperidine rings is 1. The highest BCUT2D eigenvalue weighted by Crippen LogP contribution is 2.20. The van der Waals surface area contributed by atoms with E-state index in [2.05, 4.69) is 4.98 Å². The molecule has 4 nitrogen and oxygen atoms in total. The van der Waals surface area contributed by atoms with Crippen molar-refractivity contribution in [3.63, 3.8) is 0 Å². The molecule has 1 fully saturated rings. The number of thiocarbonyl (C=S) groups is 1. The third-order valence-electron chi connectivity index (χ3n) is 3.30. The Hall–Kier alpha value is -1.49. The van der Waals surface area contributed by atoms with Crippen molar-refractivity contribution in [1.29, 1.82) is 0 Å². The van der Waals surface area contributed by atoms with Crippen LogP contribution in [0.5, 0.6) is 0 Å². The summed E-state index contributed by atoms with van der Waals surface area (Å²) in [6, 6.07) is 3.59. The first-order chi connectivity index (χ1) is 8.61. The largest absolute Gasteiger partial charge is 0.392 e. The van der Waals surface area contributed by atoms with Crippen molar-refractivity contribution in [2.24, 2.45) is 5.73 Å². The predicted octanol–water partition coefficient (Wildman–Crippen LogP) is 1.67. The van der Waals surface area contributed by atoms with Crippen LogP contribution in [-0.4, -0.2) is 33.4 Å². The van der Waals surface area contributed by atoms with E-state index < -0.39 is 0 Å². The molecule has 96 valence electrons. The number of aryl methyl sites for hydroxylation is 1. The summed E-state index contributed by atoms with van der Waals surface area (Å²) in [5, 5.41) is 0. The molecule has 5 heteroatoms. The minimum Gasteiger partial charge on any atom is -0.392 e. The molecule has 2 heterocycles. The second-order valence-corrected chi connectivity index (χ2v) is 5.05. The summed E-state index contributed by atoms with van der Waals surface area (Å²) in [5.74, 6) is -0.0643. The highest BCUT2D eigenvalue weighted by molar-refractivity contribution is 7.80. The lowest BCUT2D eigenvalue weighted by molar-refractivity contribution is 0.0674. The number of amides is 1. The maximum atomic E-state index is 12.5. The number of carbonyl (C=O) groups is 1. The van der Waals surface area contributed by atoms with Crippen LogP contribution >= 0.6 is 12.2 Å². The van der Waals surface area contributed by atoms with E-state index in [0.717, 1.165) is 24.8 Å². The molecule has 0 bridgehead atoms. The normalized spacial score (nSPS) is 19.6. The van der Waals surface area contributed by atoms with Gasteiger partial charge in [-0.05, 0) is 37.8 Å². The molecule has 18 heavy (non-hydrogen) atoms. The number of carbonyl (C=O) groups excluding carboxylic acids is 1. The van der Waals surface area contributed by atoms with Crippen LogP contribution in [0, 0.1) is 6.92 Å². The van der Waals surface area contributed by atoms with Crippen LogP contribution in [-0.2, 0) is 0 Å². The lowest BCUT2D eigenvalue weighted by Crippen LogP contribution is -2.50. The van der Waals surface area contributed by atoms with E-state index in [1.54, 1.807) is 11.1 Å². The number of aromatic nitrogens is 1. The van der Waals surface area contributed by atoms with Crippen molar-refractivity contribution in [3.8, 4) is 0 Å². The Morgan fingerprint density at radius 1 is 1.56 bits per heavy atom. The zero-order chi connectivity index (χ0) is 13.1. The van der Waals surface area contributed by atoms with Gasteiger partial charge >= 0.3 is 0 Å². The van der Waals surface area contributed by atoms with Gasteiger partial charge in [-0.2, -0.15) is 0 Å². The van der Waals surface area contributed by atoms with Crippen molar-refractivity contribution in [1.82, 2.24) is 9.88 Å². The Balaban J connectivity index is 2.27. The van der Waals surface area contributed by atoms with Crippen molar-refractivity contribution in [2.45, 2.75) is 32.2 Å². The fourth-order valence-electron chi connectivity index (χ4n) is 2.32. The molecule has 1 aromatic rings. The number of pyridine rings is 1. The van der Waals surface area contributed by atoms with E-state index in [-0.39, 0.29) is 11.9 Å². The average Bonchev–Trinajstić information content (AvgIpc) is 2.38. The third kappa shape index (κ3) is 2.51. The molecule has 1 aromatic heterocycles. The second kappa shape index (κ2) is 5.44. The van der Waals surface area contributed by atoms with Gasteiger partial charge in [0.25, 0.3) is 5.91 Å². The van der Waals surface area contributed by atoms with Gasteiger partial charge in [0.2, 0.25) is 0 Å². The van der Waals surface area contributed by atoms with E-state index in [0.29, 0.717) is 17.2 Å². The molecular weight excluding hydrogens is 246 g/mol.